The number of carbonyl (C=O) groups is 2. The van der Waals surface area contributed by atoms with Crippen LogP contribution in [-0.2, 0) is 16.0 Å². The number of carbonyl (C=O) groups excluding carboxylic acids is 2. The van der Waals surface area contributed by atoms with Crippen LogP contribution in [0.3, 0.4) is 0 Å². The molecule has 146 valence electrons. The quantitative estimate of drug-likeness (QED) is 0.683. The van der Waals surface area contributed by atoms with Crippen molar-refractivity contribution < 1.29 is 23.8 Å². The van der Waals surface area contributed by atoms with Gasteiger partial charge in [-0.25, -0.2) is 4.79 Å². The van der Waals surface area contributed by atoms with Gasteiger partial charge in [-0.1, -0.05) is 13.3 Å². The van der Waals surface area contributed by atoms with Crippen molar-refractivity contribution in [1.29, 1.82) is 0 Å². The van der Waals surface area contributed by atoms with E-state index >= 15 is 0 Å². The highest BCUT2D eigenvalue weighted by molar-refractivity contribution is 7.14. The van der Waals surface area contributed by atoms with Crippen LogP contribution in [0.15, 0.2) is 24.3 Å². The molecule has 1 N–H and O–H groups in total. The number of anilines is 1. The largest absolute Gasteiger partial charge is 0.493 e. The highest BCUT2D eigenvalue weighted by Crippen LogP contribution is 2.30. The van der Waals surface area contributed by atoms with Crippen molar-refractivity contribution in [2.75, 3.05) is 19.5 Å². The molecule has 0 aliphatic carbocycles. The number of aryl methyl sites for hydroxylation is 2. The van der Waals surface area contributed by atoms with Crippen LogP contribution in [0.2, 0.25) is 0 Å². The number of methoxy groups -OCH3 is 2. The first-order valence-electron chi connectivity index (χ1n) is 8.72. The van der Waals surface area contributed by atoms with Crippen LogP contribution in [0, 0.1) is 6.92 Å². The van der Waals surface area contributed by atoms with Crippen LogP contribution in [0.5, 0.6) is 11.5 Å². The van der Waals surface area contributed by atoms with Crippen LogP contribution < -0.4 is 14.8 Å². The van der Waals surface area contributed by atoms with Gasteiger partial charge in [-0.05, 0) is 44.0 Å². The number of nitrogens with one attached hydrogen (secondary N) is 1. The van der Waals surface area contributed by atoms with Gasteiger partial charge in [0.1, 0.15) is 4.88 Å². The Morgan fingerprint density at radius 2 is 1.85 bits per heavy atom. The predicted molar refractivity (Wildman–Crippen MR) is 106 cm³/mol. The van der Waals surface area contributed by atoms with Gasteiger partial charge in [-0.2, -0.15) is 0 Å². The fraction of sp³-hybridized carbons (Fsp3) is 0.400. The summed E-state index contributed by atoms with van der Waals surface area (Å²) in [5, 5.41) is 2.71. The summed E-state index contributed by atoms with van der Waals surface area (Å²) < 4.78 is 15.7. The summed E-state index contributed by atoms with van der Waals surface area (Å²) in [6, 6.07) is 6.87. The molecule has 2 rings (SSSR count). The van der Waals surface area contributed by atoms with E-state index in [1.54, 1.807) is 25.1 Å². The SMILES string of the molecule is CCCc1cc(C(=O)O[C@H](C)C(=O)Nc2ccc(OC)c(OC)c2)sc1C. The standard InChI is InChI=1S/C20H25NO5S/c1-6-7-14-10-18(27-13(14)3)20(23)26-12(2)19(22)21-15-8-9-16(24-4)17(11-15)25-5/h8-12H,6-7H2,1-5H3,(H,21,22)/t12-/m1/s1. The van der Waals surface area contributed by atoms with Crippen LogP contribution in [-0.4, -0.2) is 32.2 Å². The Kier molecular flexibility index (Phi) is 7.24. The van der Waals surface area contributed by atoms with Crippen molar-refractivity contribution in [2.45, 2.75) is 39.7 Å². The van der Waals surface area contributed by atoms with Gasteiger partial charge in [0.2, 0.25) is 0 Å². The molecule has 6 nitrogen and oxygen atoms in total. The number of rotatable bonds is 8. The molecule has 1 aromatic carbocycles. The van der Waals surface area contributed by atoms with Gasteiger partial charge in [-0.15, -0.1) is 11.3 Å². The molecule has 2 aromatic rings. The van der Waals surface area contributed by atoms with Gasteiger partial charge < -0.3 is 19.5 Å². The number of hydrogen-bond donors (Lipinski definition) is 1. The number of amides is 1. The first-order chi connectivity index (χ1) is 12.9. The number of ether oxygens (including phenoxy) is 3. The van der Waals surface area contributed by atoms with Crippen molar-refractivity contribution in [3.8, 4) is 11.5 Å². The molecule has 0 saturated carbocycles. The molecule has 1 atom stereocenters. The summed E-state index contributed by atoms with van der Waals surface area (Å²) in [6.45, 7) is 5.62. The fourth-order valence-electron chi connectivity index (χ4n) is 2.57. The Labute approximate surface area is 163 Å². The van der Waals surface area contributed by atoms with Gasteiger partial charge in [0.15, 0.2) is 17.6 Å². The minimum Gasteiger partial charge on any atom is -0.493 e. The fourth-order valence-corrected chi connectivity index (χ4v) is 3.52. The zero-order valence-corrected chi connectivity index (χ0v) is 17.1. The van der Waals surface area contributed by atoms with Gasteiger partial charge in [-0.3, -0.25) is 4.79 Å². The van der Waals surface area contributed by atoms with Gasteiger partial charge in [0, 0.05) is 16.6 Å². The minimum absolute atomic E-state index is 0.419. The Morgan fingerprint density at radius 3 is 2.48 bits per heavy atom. The molecule has 0 saturated heterocycles. The first kappa shape index (κ1) is 20.8. The number of benzene rings is 1. The third-order valence-corrected chi connectivity index (χ3v) is 5.12. The average molecular weight is 391 g/mol. The smallest absolute Gasteiger partial charge is 0.349 e. The molecular formula is C20H25NO5S. The third-order valence-electron chi connectivity index (χ3n) is 4.05. The van der Waals surface area contributed by atoms with Crippen molar-refractivity contribution in [2.24, 2.45) is 0 Å². The van der Waals surface area contributed by atoms with Crippen molar-refractivity contribution in [3.63, 3.8) is 0 Å². The van der Waals surface area contributed by atoms with E-state index in [0.717, 1.165) is 23.3 Å². The molecule has 0 bridgehead atoms. The monoisotopic (exact) mass is 391 g/mol. The zero-order chi connectivity index (χ0) is 20.0. The maximum atomic E-state index is 12.4. The summed E-state index contributed by atoms with van der Waals surface area (Å²) in [5.74, 6) is 0.154. The van der Waals surface area contributed by atoms with E-state index in [9.17, 15) is 9.59 Å². The predicted octanol–water partition coefficient (Wildman–Crippen LogP) is 4.21. The lowest BCUT2D eigenvalue weighted by Gasteiger charge is -2.14. The molecular weight excluding hydrogens is 366 g/mol. The Balaban J connectivity index is 2.01. The zero-order valence-electron chi connectivity index (χ0n) is 16.3. The molecule has 27 heavy (non-hydrogen) atoms. The second-order valence-corrected chi connectivity index (χ2v) is 7.30. The summed E-state index contributed by atoms with van der Waals surface area (Å²) >= 11 is 1.39. The number of esters is 1. The van der Waals surface area contributed by atoms with Crippen molar-refractivity contribution in [1.82, 2.24) is 0 Å². The third kappa shape index (κ3) is 5.23. The van der Waals surface area contributed by atoms with E-state index in [-0.39, 0.29) is 0 Å². The topological polar surface area (TPSA) is 73.9 Å². The molecule has 0 aliphatic rings. The Hall–Kier alpha value is -2.54. The van der Waals surface area contributed by atoms with E-state index in [1.807, 2.05) is 13.0 Å². The molecule has 0 aliphatic heterocycles. The van der Waals surface area contributed by atoms with Crippen LogP contribution in [0.1, 0.15) is 40.4 Å². The normalized spacial score (nSPS) is 11.6. The highest BCUT2D eigenvalue weighted by Gasteiger charge is 2.21. The van der Waals surface area contributed by atoms with Gasteiger partial charge in [0.25, 0.3) is 5.91 Å². The van der Waals surface area contributed by atoms with Crippen LogP contribution in [0.25, 0.3) is 0 Å². The summed E-state index contributed by atoms with van der Waals surface area (Å²) in [5.41, 5.74) is 1.68. The second kappa shape index (κ2) is 9.41. The lowest BCUT2D eigenvalue weighted by molar-refractivity contribution is -0.123. The number of thiophene rings is 1. The maximum absolute atomic E-state index is 12.4. The van der Waals surface area contributed by atoms with Crippen molar-refractivity contribution >= 4 is 28.9 Å². The van der Waals surface area contributed by atoms with E-state index in [1.165, 1.54) is 25.6 Å². The molecule has 1 heterocycles. The second-order valence-electron chi connectivity index (χ2n) is 6.05. The Morgan fingerprint density at radius 1 is 1.15 bits per heavy atom. The summed E-state index contributed by atoms with van der Waals surface area (Å²) in [4.78, 5) is 26.3. The van der Waals surface area contributed by atoms with Crippen molar-refractivity contribution in [3.05, 3.63) is 39.6 Å². The molecule has 1 amide bonds. The molecule has 1 aromatic heterocycles. The molecule has 0 unspecified atom stereocenters. The van der Waals surface area contributed by atoms with E-state index in [4.69, 9.17) is 14.2 Å². The lowest BCUT2D eigenvalue weighted by Crippen LogP contribution is -2.29. The summed E-state index contributed by atoms with van der Waals surface area (Å²) in [6.07, 6.45) is 1.00. The average Bonchev–Trinajstić information content (AvgIpc) is 3.02. The van der Waals surface area contributed by atoms with Gasteiger partial charge >= 0.3 is 5.97 Å². The maximum Gasteiger partial charge on any atom is 0.349 e. The highest BCUT2D eigenvalue weighted by atomic mass is 32.1. The number of hydrogen-bond acceptors (Lipinski definition) is 6. The lowest BCUT2D eigenvalue weighted by atomic mass is 10.1. The molecule has 0 radical (unpaired) electrons. The van der Waals surface area contributed by atoms with Gasteiger partial charge in [0.05, 0.1) is 14.2 Å². The van der Waals surface area contributed by atoms with Crippen LogP contribution >= 0.6 is 11.3 Å². The first-order valence-corrected chi connectivity index (χ1v) is 9.54. The minimum atomic E-state index is -0.928. The van der Waals surface area contributed by atoms with E-state index in [0.29, 0.717) is 22.1 Å². The van der Waals surface area contributed by atoms with E-state index < -0.39 is 18.0 Å². The Bertz CT molecular complexity index is 815. The van der Waals surface area contributed by atoms with Crippen LogP contribution in [0.4, 0.5) is 5.69 Å². The molecule has 0 spiro atoms. The molecule has 0 fully saturated rings. The summed E-state index contributed by atoms with van der Waals surface area (Å²) in [7, 11) is 3.06. The van der Waals surface area contributed by atoms with E-state index in [2.05, 4.69) is 12.2 Å². The molecule has 7 heteroatoms.